The Hall–Kier alpha value is -1.39. The molecule has 0 bridgehead atoms. The summed E-state index contributed by atoms with van der Waals surface area (Å²) in [5.41, 5.74) is 3.39. The monoisotopic (exact) mass is 348 g/mol. The summed E-state index contributed by atoms with van der Waals surface area (Å²) >= 11 is 3.58. The highest BCUT2D eigenvalue weighted by Crippen LogP contribution is 2.30. The standard InChI is InChI=1S/C17H21BrN2O/c1-11(2)20-10-14-9-19-6-5-16(14)21-15-7-12(3)17(18)13(4)8-15/h5-9,11,20H,10H2,1-4H3. The van der Waals surface area contributed by atoms with E-state index in [0.717, 1.165) is 28.1 Å². The first-order valence-corrected chi connectivity index (χ1v) is 7.87. The molecular weight excluding hydrogens is 328 g/mol. The third-order valence-electron chi connectivity index (χ3n) is 3.20. The Morgan fingerprint density at radius 2 is 1.90 bits per heavy atom. The van der Waals surface area contributed by atoms with Crippen molar-refractivity contribution in [3.63, 3.8) is 0 Å². The van der Waals surface area contributed by atoms with E-state index >= 15 is 0 Å². The van der Waals surface area contributed by atoms with E-state index in [2.05, 4.69) is 53.9 Å². The van der Waals surface area contributed by atoms with E-state index in [1.807, 2.05) is 24.4 Å². The van der Waals surface area contributed by atoms with Gasteiger partial charge in [0.05, 0.1) is 0 Å². The van der Waals surface area contributed by atoms with E-state index in [0.29, 0.717) is 6.04 Å². The second-order valence-corrected chi connectivity index (χ2v) is 6.29. The van der Waals surface area contributed by atoms with Gasteiger partial charge in [0.2, 0.25) is 0 Å². The maximum atomic E-state index is 6.06. The van der Waals surface area contributed by atoms with E-state index in [4.69, 9.17) is 4.74 Å². The summed E-state index contributed by atoms with van der Waals surface area (Å²) < 4.78 is 7.19. The van der Waals surface area contributed by atoms with Crippen molar-refractivity contribution in [1.29, 1.82) is 0 Å². The molecular formula is C17H21BrN2O. The summed E-state index contributed by atoms with van der Waals surface area (Å²) in [5, 5.41) is 3.39. The molecule has 0 unspecified atom stereocenters. The highest BCUT2D eigenvalue weighted by Gasteiger charge is 2.08. The molecule has 4 heteroatoms. The van der Waals surface area contributed by atoms with Crippen LogP contribution in [0.5, 0.6) is 11.5 Å². The van der Waals surface area contributed by atoms with Gasteiger partial charge in [-0.1, -0.05) is 29.8 Å². The molecule has 1 aromatic heterocycles. The Balaban J connectivity index is 2.23. The Morgan fingerprint density at radius 1 is 1.24 bits per heavy atom. The molecule has 0 aliphatic carbocycles. The molecule has 2 aromatic rings. The maximum Gasteiger partial charge on any atom is 0.134 e. The number of halogens is 1. The molecule has 0 atom stereocenters. The molecule has 0 fully saturated rings. The fraction of sp³-hybridized carbons (Fsp3) is 0.353. The van der Waals surface area contributed by atoms with Gasteiger partial charge in [-0.15, -0.1) is 0 Å². The van der Waals surface area contributed by atoms with Crippen molar-refractivity contribution in [3.8, 4) is 11.5 Å². The normalized spacial score (nSPS) is 11.0. The molecule has 2 rings (SSSR count). The lowest BCUT2D eigenvalue weighted by atomic mass is 10.1. The molecule has 0 saturated carbocycles. The number of nitrogens with zero attached hydrogens (tertiary/aromatic N) is 1. The first-order chi connectivity index (χ1) is 9.97. The minimum absolute atomic E-state index is 0.426. The molecule has 1 aromatic carbocycles. The number of ether oxygens (including phenoxy) is 1. The van der Waals surface area contributed by atoms with Crippen LogP contribution in [0.25, 0.3) is 0 Å². The van der Waals surface area contributed by atoms with E-state index in [9.17, 15) is 0 Å². The van der Waals surface area contributed by atoms with Gasteiger partial charge < -0.3 is 10.1 Å². The third-order valence-corrected chi connectivity index (χ3v) is 4.45. The predicted octanol–water partition coefficient (Wildman–Crippen LogP) is 4.75. The number of pyridine rings is 1. The summed E-state index contributed by atoms with van der Waals surface area (Å²) in [4.78, 5) is 4.19. The average Bonchev–Trinajstić information content (AvgIpc) is 2.43. The van der Waals surface area contributed by atoms with Gasteiger partial charge >= 0.3 is 0 Å². The topological polar surface area (TPSA) is 34.1 Å². The van der Waals surface area contributed by atoms with Gasteiger partial charge in [-0.3, -0.25) is 4.98 Å². The lowest BCUT2D eigenvalue weighted by Gasteiger charge is -2.14. The quantitative estimate of drug-likeness (QED) is 0.846. The van der Waals surface area contributed by atoms with Crippen molar-refractivity contribution < 1.29 is 4.74 Å². The van der Waals surface area contributed by atoms with Crippen molar-refractivity contribution in [2.24, 2.45) is 0 Å². The van der Waals surface area contributed by atoms with Crippen LogP contribution in [0.3, 0.4) is 0 Å². The van der Waals surface area contributed by atoms with Crippen molar-refractivity contribution in [2.75, 3.05) is 0 Å². The second-order valence-electron chi connectivity index (χ2n) is 5.49. The summed E-state index contributed by atoms with van der Waals surface area (Å²) in [5.74, 6) is 1.70. The third kappa shape index (κ3) is 4.29. The fourth-order valence-electron chi connectivity index (χ4n) is 2.05. The van der Waals surface area contributed by atoms with Crippen LogP contribution in [0.15, 0.2) is 35.1 Å². The van der Waals surface area contributed by atoms with Crippen LogP contribution in [-0.2, 0) is 6.54 Å². The molecule has 21 heavy (non-hydrogen) atoms. The van der Waals surface area contributed by atoms with Crippen molar-refractivity contribution >= 4 is 15.9 Å². The molecule has 112 valence electrons. The summed E-state index contributed by atoms with van der Waals surface area (Å²) in [7, 11) is 0. The van der Waals surface area contributed by atoms with Crippen molar-refractivity contribution in [1.82, 2.24) is 10.3 Å². The average molecular weight is 349 g/mol. The van der Waals surface area contributed by atoms with Crippen LogP contribution in [0.2, 0.25) is 0 Å². The number of aryl methyl sites for hydroxylation is 2. The van der Waals surface area contributed by atoms with Gasteiger partial charge in [0, 0.05) is 35.0 Å². The van der Waals surface area contributed by atoms with Gasteiger partial charge in [0.1, 0.15) is 11.5 Å². The second kappa shape index (κ2) is 7.05. The molecule has 1 N–H and O–H groups in total. The first kappa shape index (κ1) is 16.0. The zero-order valence-electron chi connectivity index (χ0n) is 12.9. The molecule has 1 heterocycles. The van der Waals surface area contributed by atoms with E-state index in [1.54, 1.807) is 6.20 Å². The predicted molar refractivity (Wildman–Crippen MR) is 89.9 cm³/mol. The van der Waals surface area contributed by atoms with Crippen LogP contribution in [0.1, 0.15) is 30.5 Å². The van der Waals surface area contributed by atoms with Gasteiger partial charge in [-0.05, 0) is 43.2 Å². The summed E-state index contributed by atoms with van der Waals surface area (Å²) in [6.07, 6.45) is 3.61. The van der Waals surface area contributed by atoms with Crippen LogP contribution < -0.4 is 10.1 Å². The van der Waals surface area contributed by atoms with Gasteiger partial charge in [-0.2, -0.15) is 0 Å². The van der Waals surface area contributed by atoms with Gasteiger partial charge in [0.15, 0.2) is 0 Å². The smallest absolute Gasteiger partial charge is 0.134 e. The SMILES string of the molecule is Cc1cc(Oc2ccncc2CNC(C)C)cc(C)c1Br. The molecule has 0 aliphatic rings. The Labute approximate surface area is 134 Å². The minimum Gasteiger partial charge on any atom is -0.457 e. The molecule has 0 radical (unpaired) electrons. The minimum atomic E-state index is 0.426. The van der Waals surface area contributed by atoms with Crippen LogP contribution >= 0.6 is 15.9 Å². The fourth-order valence-corrected chi connectivity index (χ4v) is 2.28. The number of nitrogens with one attached hydrogen (secondary N) is 1. The Bertz CT molecular complexity index is 603. The number of hydrogen-bond acceptors (Lipinski definition) is 3. The molecule has 0 saturated heterocycles. The van der Waals surface area contributed by atoms with Crippen molar-refractivity contribution in [3.05, 3.63) is 51.8 Å². The molecule has 0 aliphatic heterocycles. The van der Waals surface area contributed by atoms with E-state index in [-0.39, 0.29) is 0 Å². The Kier molecular flexibility index (Phi) is 5.37. The molecule has 0 amide bonds. The first-order valence-electron chi connectivity index (χ1n) is 7.08. The number of aromatic nitrogens is 1. The van der Waals surface area contributed by atoms with Crippen LogP contribution in [-0.4, -0.2) is 11.0 Å². The van der Waals surface area contributed by atoms with E-state index < -0.39 is 0 Å². The zero-order chi connectivity index (χ0) is 15.4. The lowest BCUT2D eigenvalue weighted by molar-refractivity contribution is 0.467. The number of rotatable bonds is 5. The van der Waals surface area contributed by atoms with Gasteiger partial charge in [0.25, 0.3) is 0 Å². The number of hydrogen-bond donors (Lipinski definition) is 1. The van der Waals surface area contributed by atoms with Gasteiger partial charge in [-0.25, -0.2) is 0 Å². The molecule has 0 spiro atoms. The van der Waals surface area contributed by atoms with Crippen molar-refractivity contribution in [2.45, 2.75) is 40.3 Å². The highest BCUT2D eigenvalue weighted by molar-refractivity contribution is 9.10. The summed E-state index contributed by atoms with van der Waals surface area (Å²) in [6.45, 7) is 9.13. The highest BCUT2D eigenvalue weighted by atomic mass is 79.9. The largest absolute Gasteiger partial charge is 0.457 e. The van der Waals surface area contributed by atoms with Crippen LogP contribution in [0.4, 0.5) is 0 Å². The molecule has 3 nitrogen and oxygen atoms in total. The lowest BCUT2D eigenvalue weighted by Crippen LogP contribution is -2.22. The zero-order valence-corrected chi connectivity index (χ0v) is 14.5. The van der Waals surface area contributed by atoms with Crippen LogP contribution in [0, 0.1) is 13.8 Å². The number of benzene rings is 1. The summed E-state index contributed by atoms with van der Waals surface area (Å²) in [6, 6.07) is 6.41. The maximum absolute atomic E-state index is 6.06. The Morgan fingerprint density at radius 3 is 2.52 bits per heavy atom. The van der Waals surface area contributed by atoms with E-state index in [1.165, 1.54) is 11.1 Å².